The highest BCUT2D eigenvalue weighted by Crippen LogP contribution is 2.13. The minimum Gasteiger partial charge on any atom is -0.195 e. The monoisotopic (exact) mass is 191 g/mol. The van der Waals surface area contributed by atoms with Crippen LogP contribution in [-0.4, -0.2) is 5.16 Å². The number of benzene rings is 1. The lowest BCUT2D eigenvalue weighted by molar-refractivity contribution is 0.795. The third-order valence-electron chi connectivity index (χ3n) is 1.93. The third-order valence-corrected chi connectivity index (χ3v) is 2.02. The van der Waals surface area contributed by atoms with Crippen molar-refractivity contribution in [3.63, 3.8) is 0 Å². The van der Waals surface area contributed by atoms with Gasteiger partial charge in [-0.05, 0) is 42.8 Å². The van der Waals surface area contributed by atoms with Gasteiger partial charge in [-0.2, -0.15) is 4.99 Å². The predicted molar refractivity (Wildman–Crippen MR) is 59.7 cm³/mol. The molecule has 2 heteroatoms. The largest absolute Gasteiger partial charge is 0.195 e. The molecule has 0 saturated heterocycles. The van der Waals surface area contributed by atoms with E-state index in [1.165, 1.54) is 18.4 Å². The number of thiocarbonyl (C=S) groups is 1. The molecule has 0 spiro atoms. The Balaban J connectivity index is 2.63. The van der Waals surface area contributed by atoms with E-state index in [1.807, 2.05) is 12.1 Å². The molecule has 0 unspecified atom stereocenters. The van der Waals surface area contributed by atoms with Gasteiger partial charge in [-0.3, -0.25) is 0 Å². The lowest BCUT2D eigenvalue weighted by Gasteiger charge is -1.98. The van der Waals surface area contributed by atoms with Crippen LogP contribution < -0.4 is 0 Å². The Morgan fingerprint density at radius 1 is 1.31 bits per heavy atom. The number of nitrogens with zero attached hydrogens (tertiary/aromatic N) is 1. The molecule has 0 N–H and O–H groups in total. The lowest BCUT2D eigenvalue weighted by atomic mass is 10.1. The van der Waals surface area contributed by atoms with E-state index < -0.39 is 0 Å². The molecule has 0 saturated carbocycles. The summed E-state index contributed by atoms with van der Waals surface area (Å²) >= 11 is 4.52. The highest BCUT2D eigenvalue weighted by molar-refractivity contribution is 7.78. The van der Waals surface area contributed by atoms with Crippen molar-refractivity contribution in [1.82, 2.24) is 0 Å². The van der Waals surface area contributed by atoms with Crippen molar-refractivity contribution in [2.75, 3.05) is 0 Å². The number of hydrogen-bond acceptors (Lipinski definition) is 2. The van der Waals surface area contributed by atoms with Gasteiger partial charge in [-0.25, -0.2) is 0 Å². The summed E-state index contributed by atoms with van der Waals surface area (Å²) in [5.41, 5.74) is 2.25. The zero-order valence-electron chi connectivity index (χ0n) is 7.79. The number of isothiocyanates is 1. The summed E-state index contributed by atoms with van der Waals surface area (Å²) in [6, 6.07) is 8.15. The first-order valence-electron chi connectivity index (χ1n) is 4.53. The first-order valence-corrected chi connectivity index (χ1v) is 4.94. The molecule has 68 valence electrons. The summed E-state index contributed by atoms with van der Waals surface area (Å²) in [4.78, 5) is 3.89. The first kappa shape index (κ1) is 10.1. The summed E-state index contributed by atoms with van der Waals surface area (Å²) in [5, 5.41) is 2.35. The summed E-state index contributed by atoms with van der Waals surface area (Å²) < 4.78 is 0. The number of aliphatic imine (C=N–C) groups is 1. The van der Waals surface area contributed by atoms with Gasteiger partial charge in [0.15, 0.2) is 0 Å². The van der Waals surface area contributed by atoms with Crippen molar-refractivity contribution in [3.8, 4) is 0 Å². The fraction of sp³-hybridized carbons (Fsp3) is 0.364. The summed E-state index contributed by atoms with van der Waals surface area (Å²) in [6.45, 7) is 2.20. The molecule has 1 aromatic rings. The van der Waals surface area contributed by atoms with Crippen LogP contribution in [0.15, 0.2) is 29.3 Å². The van der Waals surface area contributed by atoms with Gasteiger partial charge < -0.3 is 0 Å². The second-order valence-corrected chi connectivity index (χ2v) is 3.16. The first-order chi connectivity index (χ1) is 6.36. The maximum absolute atomic E-state index is 4.52. The molecule has 0 fully saturated rings. The van der Waals surface area contributed by atoms with Crippen LogP contribution in [0.2, 0.25) is 0 Å². The van der Waals surface area contributed by atoms with Crippen LogP contribution in [0.3, 0.4) is 0 Å². The van der Waals surface area contributed by atoms with E-state index in [-0.39, 0.29) is 0 Å². The highest BCUT2D eigenvalue weighted by atomic mass is 32.1. The molecule has 13 heavy (non-hydrogen) atoms. The van der Waals surface area contributed by atoms with Gasteiger partial charge in [0, 0.05) is 0 Å². The molecule has 1 aromatic carbocycles. The molecule has 0 aromatic heterocycles. The highest BCUT2D eigenvalue weighted by Gasteiger charge is 1.92. The Labute approximate surface area is 84.5 Å². The summed E-state index contributed by atoms with van der Waals surface area (Å²) in [6.07, 6.45) is 3.63. The van der Waals surface area contributed by atoms with E-state index in [0.717, 1.165) is 12.1 Å². The second kappa shape index (κ2) is 5.63. The Morgan fingerprint density at radius 2 is 2.00 bits per heavy atom. The molecule has 0 bridgehead atoms. The normalized spacial score (nSPS) is 9.31. The molecule has 0 aliphatic rings. The number of unbranched alkanes of at least 4 members (excludes halogenated alkanes) is 1. The minimum absolute atomic E-state index is 0.884. The molecule has 0 radical (unpaired) electrons. The molecule has 1 nitrogen and oxygen atoms in total. The van der Waals surface area contributed by atoms with E-state index in [4.69, 9.17) is 0 Å². The van der Waals surface area contributed by atoms with Crippen molar-refractivity contribution in [2.24, 2.45) is 4.99 Å². The predicted octanol–water partition coefficient (Wildman–Crippen LogP) is 3.76. The fourth-order valence-corrected chi connectivity index (χ4v) is 1.28. The molecule has 0 atom stereocenters. The van der Waals surface area contributed by atoms with Crippen LogP contribution in [0.4, 0.5) is 5.69 Å². The fourth-order valence-electron chi connectivity index (χ4n) is 1.17. The van der Waals surface area contributed by atoms with Gasteiger partial charge in [0.25, 0.3) is 0 Å². The Hall–Kier alpha value is -0.980. The van der Waals surface area contributed by atoms with Gasteiger partial charge in [0.1, 0.15) is 0 Å². The number of aryl methyl sites for hydroxylation is 1. The van der Waals surface area contributed by atoms with Crippen LogP contribution in [-0.2, 0) is 6.42 Å². The van der Waals surface area contributed by atoms with E-state index in [0.29, 0.717) is 0 Å². The second-order valence-electron chi connectivity index (χ2n) is 2.97. The van der Waals surface area contributed by atoms with Gasteiger partial charge >= 0.3 is 0 Å². The topological polar surface area (TPSA) is 12.4 Å². The van der Waals surface area contributed by atoms with Crippen LogP contribution in [0.1, 0.15) is 25.3 Å². The van der Waals surface area contributed by atoms with Crippen LogP contribution in [0.5, 0.6) is 0 Å². The molecule has 0 amide bonds. The van der Waals surface area contributed by atoms with Crippen molar-refractivity contribution in [2.45, 2.75) is 26.2 Å². The number of rotatable bonds is 4. The zero-order valence-corrected chi connectivity index (χ0v) is 8.60. The molecule has 0 heterocycles. The maximum Gasteiger partial charge on any atom is 0.0739 e. The SMILES string of the molecule is CCCCc1ccc(N=C=S)cc1. The molecular weight excluding hydrogens is 178 g/mol. The summed E-state index contributed by atoms with van der Waals surface area (Å²) in [7, 11) is 0. The Kier molecular flexibility index (Phi) is 4.37. The molecule has 0 aliphatic heterocycles. The van der Waals surface area contributed by atoms with Gasteiger partial charge in [-0.15, -0.1) is 0 Å². The van der Waals surface area contributed by atoms with Crippen molar-refractivity contribution >= 4 is 23.1 Å². The summed E-state index contributed by atoms with van der Waals surface area (Å²) in [5.74, 6) is 0. The van der Waals surface area contributed by atoms with Gasteiger partial charge in [0.05, 0.1) is 10.8 Å². The Bertz CT molecular complexity index is 296. The van der Waals surface area contributed by atoms with Crippen molar-refractivity contribution in [1.29, 1.82) is 0 Å². The Morgan fingerprint density at radius 3 is 2.54 bits per heavy atom. The van der Waals surface area contributed by atoms with E-state index in [1.54, 1.807) is 0 Å². The maximum atomic E-state index is 4.52. The van der Waals surface area contributed by atoms with Gasteiger partial charge in [-0.1, -0.05) is 25.5 Å². The quantitative estimate of drug-likeness (QED) is 0.521. The average molecular weight is 191 g/mol. The van der Waals surface area contributed by atoms with Crippen LogP contribution >= 0.6 is 12.2 Å². The van der Waals surface area contributed by atoms with Crippen molar-refractivity contribution in [3.05, 3.63) is 29.8 Å². The van der Waals surface area contributed by atoms with E-state index in [2.05, 4.69) is 41.4 Å². The number of hydrogen-bond donors (Lipinski definition) is 0. The molecule has 0 aliphatic carbocycles. The van der Waals surface area contributed by atoms with Crippen LogP contribution in [0.25, 0.3) is 0 Å². The molecular formula is C11H13NS. The smallest absolute Gasteiger partial charge is 0.0739 e. The molecule has 1 rings (SSSR count). The standard InChI is InChI=1S/C11H13NS/c1-2-3-4-10-5-7-11(8-6-10)12-9-13/h5-8H,2-4H2,1H3. The average Bonchev–Trinajstić information content (AvgIpc) is 2.17. The van der Waals surface area contributed by atoms with Crippen LogP contribution in [0, 0.1) is 0 Å². The van der Waals surface area contributed by atoms with E-state index in [9.17, 15) is 0 Å². The minimum atomic E-state index is 0.884. The van der Waals surface area contributed by atoms with Crippen molar-refractivity contribution < 1.29 is 0 Å². The zero-order chi connectivity index (χ0) is 9.52. The third kappa shape index (κ3) is 3.49. The van der Waals surface area contributed by atoms with E-state index >= 15 is 0 Å². The van der Waals surface area contributed by atoms with Gasteiger partial charge in [0.2, 0.25) is 0 Å². The lowest BCUT2D eigenvalue weighted by Crippen LogP contribution is -1.82.